The predicted octanol–water partition coefficient (Wildman–Crippen LogP) is 4.31. The summed E-state index contributed by atoms with van der Waals surface area (Å²) in [7, 11) is 0. The molecule has 198 valence electrons. The Labute approximate surface area is 239 Å². The molecule has 0 saturated carbocycles. The molecule has 3 rings (SSSR count). The molecule has 0 aliphatic rings. The van der Waals surface area contributed by atoms with Gasteiger partial charge in [0.25, 0.3) is 0 Å². The Morgan fingerprint density at radius 3 is 2.05 bits per heavy atom. The van der Waals surface area contributed by atoms with Crippen molar-refractivity contribution in [3.8, 4) is 12.1 Å². The molecule has 0 radical (unpaired) electrons. The van der Waals surface area contributed by atoms with Crippen molar-refractivity contribution in [2.45, 2.75) is 32.1 Å². The van der Waals surface area contributed by atoms with Crippen molar-refractivity contribution >= 4 is 56.8 Å². The largest absolute Gasteiger partial charge is 0.305 e. The third kappa shape index (κ3) is 10.8. The van der Waals surface area contributed by atoms with Crippen molar-refractivity contribution in [3.05, 3.63) is 80.8 Å². The minimum atomic E-state index is -0.341. The number of nitrogens with zero attached hydrogens (tertiary/aromatic N) is 4. The first kappa shape index (κ1) is 29.7. The van der Waals surface area contributed by atoms with Crippen molar-refractivity contribution in [3.63, 3.8) is 0 Å². The van der Waals surface area contributed by atoms with Gasteiger partial charge in [-0.1, -0.05) is 24.3 Å². The van der Waals surface area contributed by atoms with Gasteiger partial charge in [-0.15, -0.1) is 21.5 Å². The predicted molar refractivity (Wildman–Crippen MR) is 155 cm³/mol. The lowest BCUT2D eigenvalue weighted by Gasteiger charge is -2.07. The molecule has 0 fully saturated rings. The molecule has 1 aromatic heterocycles. The fourth-order valence-electron chi connectivity index (χ4n) is 3.30. The topological polar surface area (TPSA) is 167 Å². The van der Waals surface area contributed by atoms with Crippen LogP contribution in [-0.2, 0) is 35.3 Å². The maximum Gasteiger partial charge on any atom is 0.230 e. The number of thioether (sulfide) groups is 2. The van der Waals surface area contributed by atoms with E-state index in [1.165, 1.54) is 11.3 Å². The van der Waals surface area contributed by atoms with Crippen LogP contribution in [-0.4, -0.2) is 43.6 Å². The standard InChI is InChI=1S/C27H25N7O2S3/c28-16-20-5-1-18(2-6-20)13-22(35)15-26-34-33-25(39-26)10-12-37-11-9-23(30)38-27(31)32-24(36)14-19-3-7-21(17-29)8-4-19/h1-8,30H,9-15H2,(H2,31,32,36). The lowest BCUT2D eigenvalue weighted by molar-refractivity contribution is -0.119. The van der Waals surface area contributed by atoms with E-state index in [9.17, 15) is 9.59 Å². The molecule has 0 spiro atoms. The molecular weight excluding hydrogens is 551 g/mol. The zero-order chi connectivity index (χ0) is 28.0. The zero-order valence-corrected chi connectivity index (χ0v) is 23.3. The van der Waals surface area contributed by atoms with Gasteiger partial charge >= 0.3 is 0 Å². The van der Waals surface area contributed by atoms with Crippen LogP contribution in [0.1, 0.15) is 38.7 Å². The number of nitrogens with one attached hydrogen (secondary N) is 3. The lowest BCUT2D eigenvalue weighted by atomic mass is 10.1. The summed E-state index contributed by atoms with van der Waals surface area (Å²) in [4.78, 5) is 24.5. The number of nitriles is 2. The second-order valence-corrected chi connectivity index (χ2v) is 11.8. The molecule has 1 heterocycles. The van der Waals surface area contributed by atoms with E-state index in [-0.39, 0.29) is 29.7 Å². The number of amidine groups is 1. The quantitative estimate of drug-likeness (QED) is 0.163. The zero-order valence-electron chi connectivity index (χ0n) is 20.9. The van der Waals surface area contributed by atoms with E-state index in [4.69, 9.17) is 21.3 Å². The average Bonchev–Trinajstić information content (AvgIpc) is 3.35. The SMILES string of the molecule is N#Cc1ccc(CC(=O)Cc2nnc(CCSCCC(=N)SC(=N)NC(=O)Cc3ccc(C#N)cc3)s2)cc1. The van der Waals surface area contributed by atoms with Crippen molar-refractivity contribution in [2.24, 2.45) is 0 Å². The van der Waals surface area contributed by atoms with Gasteiger partial charge in [0.1, 0.15) is 15.8 Å². The van der Waals surface area contributed by atoms with Gasteiger partial charge in [-0.2, -0.15) is 22.3 Å². The van der Waals surface area contributed by atoms with Crippen LogP contribution in [0.3, 0.4) is 0 Å². The molecule has 2 aromatic carbocycles. The van der Waals surface area contributed by atoms with Crippen molar-refractivity contribution < 1.29 is 9.59 Å². The van der Waals surface area contributed by atoms with E-state index in [2.05, 4.69) is 21.6 Å². The number of rotatable bonds is 12. The molecule has 3 N–H and O–H groups in total. The number of aryl methyl sites for hydroxylation is 1. The minimum Gasteiger partial charge on any atom is -0.305 e. The number of hydrogen-bond donors (Lipinski definition) is 3. The van der Waals surface area contributed by atoms with Crippen LogP contribution < -0.4 is 5.32 Å². The summed E-state index contributed by atoms with van der Waals surface area (Å²) >= 11 is 4.02. The summed E-state index contributed by atoms with van der Waals surface area (Å²) in [5.41, 5.74) is 2.69. The number of carbonyl (C=O) groups is 2. The van der Waals surface area contributed by atoms with Gasteiger partial charge in [0.05, 0.1) is 41.2 Å². The van der Waals surface area contributed by atoms with Crippen LogP contribution in [0.2, 0.25) is 0 Å². The molecule has 0 aliphatic carbocycles. The average molecular weight is 576 g/mol. The minimum absolute atomic E-state index is 0.0452. The first-order chi connectivity index (χ1) is 18.8. The molecule has 0 bridgehead atoms. The van der Waals surface area contributed by atoms with Crippen LogP contribution in [0.15, 0.2) is 48.5 Å². The van der Waals surface area contributed by atoms with Gasteiger partial charge in [0.15, 0.2) is 5.17 Å². The second kappa shape index (κ2) is 15.5. The molecule has 0 unspecified atom stereocenters. The summed E-state index contributed by atoms with van der Waals surface area (Å²) in [6.45, 7) is 0. The van der Waals surface area contributed by atoms with Crippen molar-refractivity contribution in [1.29, 1.82) is 21.3 Å². The molecule has 12 heteroatoms. The van der Waals surface area contributed by atoms with Crippen LogP contribution in [0.25, 0.3) is 0 Å². The number of carbonyl (C=O) groups excluding carboxylic acids is 2. The smallest absolute Gasteiger partial charge is 0.230 e. The first-order valence-electron chi connectivity index (χ1n) is 11.9. The molecule has 9 nitrogen and oxygen atoms in total. The third-order valence-corrected chi connectivity index (χ3v) is 7.93. The Morgan fingerprint density at radius 2 is 1.44 bits per heavy atom. The molecule has 1 amide bonds. The highest BCUT2D eigenvalue weighted by molar-refractivity contribution is 8.26. The highest BCUT2D eigenvalue weighted by atomic mass is 32.2. The summed E-state index contributed by atoms with van der Waals surface area (Å²) in [6.07, 6.45) is 1.81. The summed E-state index contributed by atoms with van der Waals surface area (Å²) < 4.78 is 0. The summed E-state index contributed by atoms with van der Waals surface area (Å²) in [5, 5.41) is 46.2. The number of hydrogen-bond acceptors (Lipinski definition) is 11. The molecule has 3 aromatic rings. The normalized spacial score (nSPS) is 10.3. The molecule has 0 aliphatic heterocycles. The van der Waals surface area contributed by atoms with Gasteiger partial charge in [0.2, 0.25) is 5.91 Å². The maximum absolute atomic E-state index is 12.3. The highest BCUT2D eigenvalue weighted by Crippen LogP contribution is 2.17. The Bertz CT molecular complexity index is 1400. The Kier molecular flexibility index (Phi) is 11.8. The second-order valence-electron chi connectivity index (χ2n) is 8.29. The van der Waals surface area contributed by atoms with Gasteiger partial charge in [-0.3, -0.25) is 20.4 Å². The number of Topliss-reactive ketones (excluding diaryl/α,β-unsaturated/α-hetero) is 1. The third-order valence-electron chi connectivity index (χ3n) is 5.20. The van der Waals surface area contributed by atoms with Crippen LogP contribution in [0, 0.1) is 33.5 Å². The van der Waals surface area contributed by atoms with Crippen molar-refractivity contribution in [2.75, 3.05) is 11.5 Å². The van der Waals surface area contributed by atoms with Crippen LogP contribution in [0.5, 0.6) is 0 Å². The van der Waals surface area contributed by atoms with Gasteiger partial charge in [-0.25, -0.2) is 0 Å². The Hall–Kier alpha value is -3.84. The van der Waals surface area contributed by atoms with Gasteiger partial charge in [0, 0.05) is 19.3 Å². The fraction of sp³-hybridized carbons (Fsp3) is 0.259. The first-order valence-corrected chi connectivity index (χ1v) is 14.7. The van der Waals surface area contributed by atoms with E-state index in [1.54, 1.807) is 60.3 Å². The van der Waals surface area contributed by atoms with E-state index in [0.717, 1.165) is 33.6 Å². The van der Waals surface area contributed by atoms with E-state index >= 15 is 0 Å². The number of aromatic nitrogens is 2. The van der Waals surface area contributed by atoms with Crippen LogP contribution >= 0.6 is 34.9 Å². The van der Waals surface area contributed by atoms with Gasteiger partial charge in [-0.05, 0) is 58.7 Å². The van der Waals surface area contributed by atoms with Crippen molar-refractivity contribution in [1.82, 2.24) is 15.5 Å². The fourth-order valence-corrected chi connectivity index (χ4v) is 5.93. The monoisotopic (exact) mass is 575 g/mol. The number of ketones is 1. The van der Waals surface area contributed by atoms with Crippen LogP contribution in [0.4, 0.5) is 0 Å². The van der Waals surface area contributed by atoms with E-state index < -0.39 is 0 Å². The lowest BCUT2D eigenvalue weighted by Crippen LogP contribution is -2.29. The van der Waals surface area contributed by atoms with Gasteiger partial charge < -0.3 is 5.32 Å². The molecular formula is C27H25N7O2S3. The Morgan fingerprint density at radius 1 is 0.846 bits per heavy atom. The summed E-state index contributed by atoms with van der Waals surface area (Å²) in [6, 6.07) is 17.7. The summed E-state index contributed by atoms with van der Waals surface area (Å²) in [5.74, 6) is 1.20. The van der Waals surface area contributed by atoms with E-state index in [0.29, 0.717) is 46.2 Å². The number of amides is 1. The molecule has 0 atom stereocenters. The maximum atomic E-state index is 12.3. The molecule has 39 heavy (non-hydrogen) atoms. The Balaban J connectivity index is 1.27. The highest BCUT2D eigenvalue weighted by Gasteiger charge is 2.12. The van der Waals surface area contributed by atoms with E-state index in [1.807, 2.05) is 6.07 Å². The number of benzene rings is 2. The molecule has 0 saturated heterocycles.